The Morgan fingerprint density at radius 1 is 1.10 bits per heavy atom. The quantitative estimate of drug-likeness (QED) is 0.582. The fourth-order valence-electron chi connectivity index (χ4n) is 4.57. The first-order valence-electron chi connectivity index (χ1n) is 9.55. The van der Waals surface area contributed by atoms with Gasteiger partial charge in [-0.3, -0.25) is 28.9 Å². The van der Waals surface area contributed by atoms with Crippen molar-refractivity contribution in [1.82, 2.24) is 9.80 Å². The van der Waals surface area contributed by atoms with Gasteiger partial charge in [-0.1, -0.05) is 18.9 Å². The SMILES string of the molecule is CSC[C@H](C(=O)N1C(=O)c2cccc(N)c2C1=O)N1C(=O)[C@H]2CCCC[C@H]2C1=O. The van der Waals surface area contributed by atoms with E-state index in [1.165, 1.54) is 30.0 Å². The normalized spacial score (nSPS) is 24.7. The third-order valence-corrected chi connectivity index (χ3v) is 6.61. The van der Waals surface area contributed by atoms with Gasteiger partial charge in [-0.2, -0.15) is 11.8 Å². The summed E-state index contributed by atoms with van der Waals surface area (Å²) in [6.45, 7) is 0. The minimum absolute atomic E-state index is 0.0125. The first-order valence-corrected chi connectivity index (χ1v) is 10.9. The first-order chi connectivity index (χ1) is 13.9. The van der Waals surface area contributed by atoms with Crippen LogP contribution in [0.1, 0.15) is 46.4 Å². The maximum absolute atomic E-state index is 13.3. The van der Waals surface area contributed by atoms with E-state index in [2.05, 4.69) is 0 Å². The average Bonchev–Trinajstić information content (AvgIpc) is 3.12. The van der Waals surface area contributed by atoms with E-state index >= 15 is 0 Å². The van der Waals surface area contributed by atoms with Gasteiger partial charge < -0.3 is 5.73 Å². The number of fused-ring (bicyclic) bond motifs is 2. The molecular formula is C20H21N3O5S. The van der Waals surface area contributed by atoms with Gasteiger partial charge in [0.05, 0.1) is 23.0 Å². The molecule has 2 N–H and O–H groups in total. The van der Waals surface area contributed by atoms with Gasteiger partial charge in [0.1, 0.15) is 6.04 Å². The maximum Gasteiger partial charge on any atom is 0.270 e. The Bertz CT molecular complexity index is 922. The highest BCUT2D eigenvalue weighted by molar-refractivity contribution is 7.98. The Morgan fingerprint density at radius 2 is 1.72 bits per heavy atom. The molecule has 2 aliphatic heterocycles. The van der Waals surface area contributed by atoms with Gasteiger partial charge >= 0.3 is 0 Å². The van der Waals surface area contributed by atoms with Gasteiger partial charge in [0.2, 0.25) is 11.8 Å². The van der Waals surface area contributed by atoms with Gasteiger partial charge in [0, 0.05) is 11.4 Å². The van der Waals surface area contributed by atoms with Crippen LogP contribution in [0, 0.1) is 11.8 Å². The number of thioether (sulfide) groups is 1. The molecule has 1 aromatic rings. The number of amides is 5. The molecule has 3 aliphatic rings. The molecule has 1 aliphatic carbocycles. The molecule has 0 unspecified atom stereocenters. The van der Waals surface area contributed by atoms with Crippen LogP contribution in [0.2, 0.25) is 0 Å². The lowest BCUT2D eigenvalue weighted by Crippen LogP contribution is -2.54. The molecule has 2 heterocycles. The van der Waals surface area contributed by atoms with Crippen LogP contribution in [0.5, 0.6) is 0 Å². The molecule has 152 valence electrons. The fraction of sp³-hybridized carbons (Fsp3) is 0.450. The number of hydrogen-bond acceptors (Lipinski definition) is 7. The summed E-state index contributed by atoms with van der Waals surface area (Å²) in [7, 11) is 0. The van der Waals surface area contributed by atoms with E-state index in [9.17, 15) is 24.0 Å². The van der Waals surface area contributed by atoms with Crippen molar-refractivity contribution in [2.24, 2.45) is 11.8 Å². The summed E-state index contributed by atoms with van der Waals surface area (Å²) >= 11 is 1.27. The highest BCUT2D eigenvalue weighted by Crippen LogP contribution is 2.40. The Labute approximate surface area is 171 Å². The van der Waals surface area contributed by atoms with E-state index in [0.29, 0.717) is 17.7 Å². The minimum atomic E-state index is -1.20. The number of nitrogen functional groups attached to an aromatic ring is 1. The summed E-state index contributed by atoms with van der Waals surface area (Å²) in [4.78, 5) is 66.3. The molecule has 5 amide bonds. The highest BCUT2D eigenvalue weighted by atomic mass is 32.2. The molecule has 3 atom stereocenters. The minimum Gasteiger partial charge on any atom is -0.398 e. The summed E-state index contributed by atoms with van der Waals surface area (Å²) in [6.07, 6.45) is 4.71. The van der Waals surface area contributed by atoms with E-state index in [1.807, 2.05) is 0 Å². The van der Waals surface area contributed by atoms with Crippen LogP contribution in [-0.2, 0) is 14.4 Å². The second-order valence-corrected chi connectivity index (χ2v) is 8.48. The molecule has 4 rings (SSSR count). The summed E-state index contributed by atoms with van der Waals surface area (Å²) in [5, 5.41) is 0. The maximum atomic E-state index is 13.3. The number of carbonyl (C=O) groups is 5. The number of carbonyl (C=O) groups excluding carboxylic acids is 5. The zero-order valence-corrected chi connectivity index (χ0v) is 16.7. The monoisotopic (exact) mass is 415 g/mol. The number of anilines is 1. The predicted molar refractivity (Wildman–Crippen MR) is 106 cm³/mol. The zero-order valence-electron chi connectivity index (χ0n) is 15.9. The van der Waals surface area contributed by atoms with Crippen molar-refractivity contribution in [3.63, 3.8) is 0 Å². The lowest BCUT2D eigenvalue weighted by atomic mass is 9.81. The molecule has 1 saturated carbocycles. The van der Waals surface area contributed by atoms with Crippen molar-refractivity contribution in [1.29, 1.82) is 0 Å². The van der Waals surface area contributed by atoms with Crippen LogP contribution in [0.25, 0.3) is 0 Å². The van der Waals surface area contributed by atoms with Crippen LogP contribution in [0.15, 0.2) is 18.2 Å². The predicted octanol–water partition coefficient (Wildman–Crippen LogP) is 1.30. The summed E-state index contributed by atoms with van der Waals surface area (Å²) in [5.41, 5.74) is 5.98. The number of nitrogens with two attached hydrogens (primary N) is 1. The van der Waals surface area contributed by atoms with Crippen LogP contribution < -0.4 is 5.73 Å². The second kappa shape index (κ2) is 7.29. The molecule has 1 aromatic carbocycles. The van der Waals surface area contributed by atoms with Crippen LogP contribution in [0.4, 0.5) is 5.69 Å². The van der Waals surface area contributed by atoms with Crippen molar-refractivity contribution in [2.75, 3.05) is 17.7 Å². The molecule has 9 heteroatoms. The van der Waals surface area contributed by atoms with Gasteiger partial charge in [-0.25, -0.2) is 4.90 Å². The van der Waals surface area contributed by atoms with Crippen molar-refractivity contribution < 1.29 is 24.0 Å². The third kappa shape index (κ3) is 2.87. The summed E-state index contributed by atoms with van der Waals surface area (Å²) in [5.74, 6) is -3.90. The molecule has 29 heavy (non-hydrogen) atoms. The van der Waals surface area contributed by atoms with E-state index in [4.69, 9.17) is 5.73 Å². The summed E-state index contributed by atoms with van der Waals surface area (Å²) < 4.78 is 0. The molecule has 8 nitrogen and oxygen atoms in total. The summed E-state index contributed by atoms with van der Waals surface area (Å²) in [6, 6.07) is 3.25. The average molecular weight is 415 g/mol. The number of imide groups is 4. The Morgan fingerprint density at radius 3 is 2.28 bits per heavy atom. The van der Waals surface area contributed by atoms with Crippen LogP contribution in [-0.4, -0.2) is 57.4 Å². The van der Waals surface area contributed by atoms with E-state index in [0.717, 1.165) is 17.7 Å². The van der Waals surface area contributed by atoms with Gasteiger partial charge in [0.15, 0.2) is 0 Å². The Balaban J connectivity index is 1.68. The number of rotatable bonds is 4. The Hall–Kier alpha value is -2.68. The lowest BCUT2D eigenvalue weighted by Gasteiger charge is -2.27. The van der Waals surface area contributed by atoms with Crippen molar-refractivity contribution in [3.05, 3.63) is 29.3 Å². The molecule has 2 fully saturated rings. The number of benzene rings is 1. The first kappa shape index (κ1) is 19.6. The Kier molecular flexibility index (Phi) is 4.94. The van der Waals surface area contributed by atoms with E-state index in [-0.39, 0.29) is 34.4 Å². The number of nitrogens with zero attached hydrogens (tertiary/aromatic N) is 2. The number of hydrogen-bond donors (Lipinski definition) is 1. The van der Waals surface area contributed by atoms with Gasteiger partial charge in [0.25, 0.3) is 17.7 Å². The topological polar surface area (TPSA) is 118 Å². The van der Waals surface area contributed by atoms with Crippen molar-refractivity contribution >= 4 is 47.0 Å². The molecule has 0 bridgehead atoms. The molecule has 1 saturated heterocycles. The standard InChI is InChI=1S/C20H21N3O5S/c1-29-9-14(22-16(24)10-5-2-3-6-11(10)17(22)25)19(27)23-18(26)12-7-4-8-13(21)15(12)20(23)28/h4,7-8,10-11,14H,2-3,5-6,9,21H2,1H3/t10-,11+,14-/m1/s1. The van der Waals surface area contributed by atoms with Gasteiger partial charge in [-0.05, 0) is 31.2 Å². The smallest absolute Gasteiger partial charge is 0.270 e. The highest BCUT2D eigenvalue weighted by Gasteiger charge is 2.54. The zero-order chi connectivity index (χ0) is 20.9. The van der Waals surface area contributed by atoms with Crippen molar-refractivity contribution in [2.45, 2.75) is 31.7 Å². The second-order valence-electron chi connectivity index (χ2n) is 7.57. The van der Waals surface area contributed by atoms with E-state index in [1.54, 1.807) is 6.26 Å². The van der Waals surface area contributed by atoms with E-state index < -0.39 is 35.6 Å². The number of likely N-dealkylation sites (tertiary alicyclic amines) is 1. The fourth-order valence-corrected chi connectivity index (χ4v) is 5.18. The van der Waals surface area contributed by atoms with Crippen molar-refractivity contribution in [3.8, 4) is 0 Å². The lowest BCUT2D eigenvalue weighted by molar-refractivity contribution is -0.149. The largest absolute Gasteiger partial charge is 0.398 e. The molecule has 0 aromatic heterocycles. The molecule has 0 radical (unpaired) electrons. The molecule has 0 spiro atoms. The third-order valence-electron chi connectivity index (χ3n) is 5.96. The van der Waals surface area contributed by atoms with Crippen LogP contribution >= 0.6 is 11.8 Å². The van der Waals surface area contributed by atoms with Gasteiger partial charge in [-0.15, -0.1) is 0 Å². The molecular weight excluding hydrogens is 394 g/mol. The van der Waals surface area contributed by atoms with Crippen LogP contribution in [0.3, 0.4) is 0 Å².